The zero-order valence-electron chi connectivity index (χ0n) is 14.5. The summed E-state index contributed by atoms with van der Waals surface area (Å²) >= 11 is 0. The lowest BCUT2D eigenvalue weighted by molar-refractivity contribution is 0.0878. The predicted octanol–water partition coefficient (Wildman–Crippen LogP) is 1.72. The fourth-order valence-corrected chi connectivity index (χ4v) is 2.51. The maximum atomic E-state index is 12.9. The lowest BCUT2D eigenvalue weighted by atomic mass is 10.2. The van der Waals surface area contributed by atoms with E-state index in [1.807, 2.05) is 0 Å². The first-order chi connectivity index (χ1) is 12.9. The van der Waals surface area contributed by atoms with Crippen molar-refractivity contribution in [3.8, 4) is 11.5 Å². The molecule has 0 atom stereocenters. The van der Waals surface area contributed by atoms with Crippen LogP contribution in [0.15, 0.2) is 41.2 Å². The van der Waals surface area contributed by atoms with Crippen molar-refractivity contribution in [3.63, 3.8) is 0 Å². The minimum absolute atomic E-state index is 0.0604. The first kappa shape index (κ1) is 18.2. The van der Waals surface area contributed by atoms with E-state index in [2.05, 4.69) is 10.3 Å². The average molecular weight is 373 g/mol. The highest BCUT2D eigenvalue weighted by atomic mass is 19.1. The van der Waals surface area contributed by atoms with Crippen molar-refractivity contribution in [1.82, 2.24) is 15.0 Å². The normalized spacial score (nSPS) is 10.6. The number of amides is 1. The van der Waals surface area contributed by atoms with Gasteiger partial charge in [-0.05, 0) is 23.8 Å². The molecule has 1 heterocycles. The maximum absolute atomic E-state index is 12.9. The molecule has 0 bridgehead atoms. The Morgan fingerprint density at radius 1 is 1.19 bits per heavy atom. The van der Waals surface area contributed by atoms with E-state index >= 15 is 0 Å². The number of ether oxygens (including phenoxy) is 2. The number of nitrogens with zero attached hydrogens (tertiary/aromatic N) is 2. The van der Waals surface area contributed by atoms with Gasteiger partial charge in [0.25, 0.3) is 11.5 Å². The Bertz CT molecular complexity index is 1060. The van der Waals surface area contributed by atoms with Gasteiger partial charge in [0.15, 0.2) is 11.5 Å². The molecule has 8 nitrogen and oxygen atoms in total. The number of carbonyl (C=O) groups excluding carboxylic acids is 1. The van der Waals surface area contributed by atoms with Crippen LogP contribution in [0.4, 0.5) is 4.39 Å². The topological polar surface area (TPSA) is 103 Å². The Kier molecular flexibility index (Phi) is 4.93. The minimum Gasteiger partial charge on any atom is -0.493 e. The smallest absolute Gasteiger partial charge is 0.294 e. The zero-order valence-corrected chi connectivity index (χ0v) is 14.5. The van der Waals surface area contributed by atoms with E-state index < -0.39 is 23.1 Å². The van der Waals surface area contributed by atoms with Crippen LogP contribution in [0.5, 0.6) is 11.5 Å². The molecular weight excluding hydrogens is 357 g/mol. The predicted molar refractivity (Wildman–Crippen MR) is 93.9 cm³/mol. The van der Waals surface area contributed by atoms with Gasteiger partial charge in [-0.3, -0.25) is 9.59 Å². The molecule has 2 aromatic carbocycles. The SMILES string of the molecule is COc1cc2nc(C(=O)NCc3ccc(F)cc3)n(O)c(=O)c2cc1OC. The van der Waals surface area contributed by atoms with Gasteiger partial charge in [-0.2, -0.15) is 0 Å². The van der Waals surface area contributed by atoms with Crippen molar-refractivity contribution in [3.05, 3.63) is 64.0 Å². The third-order valence-corrected chi connectivity index (χ3v) is 3.92. The lowest BCUT2D eigenvalue weighted by Gasteiger charge is -2.11. The van der Waals surface area contributed by atoms with E-state index in [9.17, 15) is 19.2 Å². The van der Waals surface area contributed by atoms with Crippen LogP contribution in [0.1, 0.15) is 16.2 Å². The molecule has 1 aromatic heterocycles. The third kappa shape index (κ3) is 3.52. The molecule has 3 aromatic rings. The van der Waals surface area contributed by atoms with Crippen LogP contribution in [0.25, 0.3) is 10.9 Å². The molecule has 0 aliphatic rings. The highest BCUT2D eigenvalue weighted by Gasteiger charge is 2.19. The molecule has 2 N–H and O–H groups in total. The molecule has 0 unspecified atom stereocenters. The van der Waals surface area contributed by atoms with Crippen molar-refractivity contribution in [2.45, 2.75) is 6.54 Å². The zero-order chi connectivity index (χ0) is 19.6. The van der Waals surface area contributed by atoms with Gasteiger partial charge in [-0.15, -0.1) is 4.73 Å². The second-order valence-electron chi connectivity index (χ2n) is 5.59. The summed E-state index contributed by atoms with van der Waals surface area (Å²) in [5.74, 6) is -1.03. The molecule has 0 fully saturated rings. The lowest BCUT2D eigenvalue weighted by Crippen LogP contribution is -2.32. The second-order valence-corrected chi connectivity index (χ2v) is 5.59. The summed E-state index contributed by atoms with van der Waals surface area (Å²) in [4.78, 5) is 28.8. The molecule has 3 rings (SSSR count). The van der Waals surface area contributed by atoms with Gasteiger partial charge in [0, 0.05) is 12.6 Å². The van der Waals surface area contributed by atoms with E-state index in [0.29, 0.717) is 11.3 Å². The Hall–Kier alpha value is -3.62. The van der Waals surface area contributed by atoms with Gasteiger partial charge in [-0.25, -0.2) is 9.37 Å². The molecule has 0 aliphatic carbocycles. The number of hydrogen-bond donors (Lipinski definition) is 2. The van der Waals surface area contributed by atoms with Crippen molar-refractivity contribution >= 4 is 16.8 Å². The molecule has 0 spiro atoms. The van der Waals surface area contributed by atoms with E-state index in [4.69, 9.17) is 9.47 Å². The fraction of sp³-hybridized carbons (Fsp3) is 0.167. The highest BCUT2D eigenvalue weighted by Crippen LogP contribution is 2.30. The van der Waals surface area contributed by atoms with Crippen LogP contribution in [0.2, 0.25) is 0 Å². The van der Waals surface area contributed by atoms with E-state index in [1.165, 1.54) is 50.6 Å². The molecule has 9 heteroatoms. The summed E-state index contributed by atoms with van der Waals surface area (Å²) in [5, 5.41) is 12.6. The Morgan fingerprint density at radius 2 is 1.81 bits per heavy atom. The molecular formula is C18H16FN3O5. The number of fused-ring (bicyclic) bond motifs is 1. The summed E-state index contributed by atoms with van der Waals surface area (Å²) in [6.07, 6.45) is 0. The number of nitrogens with one attached hydrogen (secondary N) is 1. The van der Waals surface area contributed by atoms with Gasteiger partial charge in [0.2, 0.25) is 5.82 Å². The van der Waals surface area contributed by atoms with Crippen LogP contribution in [-0.4, -0.2) is 35.0 Å². The second kappa shape index (κ2) is 7.32. The molecule has 140 valence electrons. The Balaban J connectivity index is 1.95. The minimum atomic E-state index is -0.826. The molecule has 0 saturated carbocycles. The van der Waals surface area contributed by atoms with Crippen LogP contribution in [0, 0.1) is 5.82 Å². The van der Waals surface area contributed by atoms with E-state index in [-0.39, 0.29) is 27.9 Å². The summed E-state index contributed by atoms with van der Waals surface area (Å²) in [5.41, 5.74) is -0.0217. The van der Waals surface area contributed by atoms with Gasteiger partial charge in [0.1, 0.15) is 5.82 Å². The summed E-state index contributed by atoms with van der Waals surface area (Å²) < 4.78 is 23.4. The number of aromatic nitrogens is 2. The van der Waals surface area contributed by atoms with Crippen LogP contribution in [0.3, 0.4) is 0 Å². The summed E-state index contributed by atoms with van der Waals surface area (Å²) in [6.45, 7) is 0.0684. The fourth-order valence-electron chi connectivity index (χ4n) is 2.51. The van der Waals surface area contributed by atoms with Gasteiger partial charge < -0.3 is 20.0 Å². The first-order valence-electron chi connectivity index (χ1n) is 7.85. The number of rotatable bonds is 5. The van der Waals surface area contributed by atoms with E-state index in [0.717, 1.165) is 0 Å². The number of benzene rings is 2. The number of halogens is 1. The van der Waals surface area contributed by atoms with Crippen molar-refractivity contribution in [2.75, 3.05) is 14.2 Å². The van der Waals surface area contributed by atoms with Crippen molar-refractivity contribution in [1.29, 1.82) is 0 Å². The summed E-state index contributed by atoms with van der Waals surface area (Å²) in [7, 11) is 2.83. The van der Waals surface area contributed by atoms with Crippen LogP contribution >= 0.6 is 0 Å². The van der Waals surface area contributed by atoms with Crippen molar-refractivity contribution in [2.24, 2.45) is 0 Å². The standard InChI is InChI=1S/C18H16FN3O5/c1-26-14-7-12-13(8-15(14)27-2)21-16(22(25)18(12)24)17(23)20-9-10-3-5-11(19)6-4-10/h3-8,25H,9H2,1-2H3,(H,20,23). The molecule has 27 heavy (non-hydrogen) atoms. The Morgan fingerprint density at radius 3 is 2.44 bits per heavy atom. The monoisotopic (exact) mass is 373 g/mol. The first-order valence-corrected chi connectivity index (χ1v) is 7.85. The molecule has 0 radical (unpaired) electrons. The van der Waals surface area contributed by atoms with Gasteiger partial charge in [0.05, 0.1) is 25.1 Å². The summed E-state index contributed by atoms with van der Waals surface area (Å²) in [6, 6.07) is 8.34. The Labute approximate surface area is 152 Å². The number of hydrogen-bond acceptors (Lipinski definition) is 6. The van der Waals surface area contributed by atoms with Crippen molar-refractivity contribution < 1.29 is 23.9 Å². The number of methoxy groups -OCH3 is 2. The third-order valence-electron chi connectivity index (χ3n) is 3.92. The quantitative estimate of drug-likeness (QED) is 0.660. The van der Waals surface area contributed by atoms with Crippen LogP contribution in [-0.2, 0) is 6.54 Å². The molecule has 0 saturated heterocycles. The van der Waals surface area contributed by atoms with Gasteiger partial charge >= 0.3 is 0 Å². The average Bonchev–Trinajstić information content (AvgIpc) is 2.69. The van der Waals surface area contributed by atoms with Crippen LogP contribution < -0.4 is 20.3 Å². The van der Waals surface area contributed by atoms with E-state index in [1.54, 1.807) is 0 Å². The largest absolute Gasteiger partial charge is 0.493 e. The van der Waals surface area contributed by atoms with Gasteiger partial charge in [-0.1, -0.05) is 12.1 Å². The highest BCUT2D eigenvalue weighted by molar-refractivity contribution is 5.93. The molecule has 1 amide bonds. The molecule has 0 aliphatic heterocycles. The maximum Gasteiger partial charge on any atom is 0.294 e. The number of carbonyl (C=O) groups is 1.